The fourth-order valence-corrected chi connectivity index (χ4v) is 1.86. The van der Waals surface area contributed by atoms with E-state index < -0.39 is 0 Å². The Morgan fingerprint density at radius 1 is 1.44 bits per heavy atom. The molecular formula is C15H22N2O. The summed E-state index contributed by atoms with van der Waals surface area (Å²) in [6.45, 7) is 9.14. The second kappa shape index (κ2) is 6.84. The molecule has 0 aromatic heterocycles. The highest BCUT2D eigenvalue weighted by Gasteiger charge is 2.11. The van der Waals surface area contributed by atoms with Gasteiger partial charge in [0.2, 0.25) is 5.91 Å². The third kappa shape index (κ3) is 4.62. The SMILES string of the molecule is C=C(C)CN(CC)C(=O)CCc1cccc(N)c1. The summed E-state index contributed by atoms with van der Waals surface area (Å²) in [6.07, 6.45) is 1.25. The van der Waals surface area contributed by atoms with Crippen molar-refractivity contribution >= 4 is 11.6 Å². The molecule has 0 unspecified atom stereocenters. The molecule has 1 aromatic rings. The molecule has 0 aliphatic rings. The fourth-order valence-electron chi connectivity index (χ4n) is 1.86. The first-order chi connectivity index (χ1) is 8.52. The summed E-state index contributed by atoms with van der Waals surface area (Å²) in [6, 6.07) is 7.69. The monoisotopic (exact) mass is 246 g/mol. The second-order valence-electron chi connectivity index (χ2n) is 4.61. The van der Waals surface area contributed by atoms with Crippen molar-refractivity contribution in [3.8, 4) is 0 Å². The van der Waals surface area contributed by atoms with Crippen molar-refractivity contribution in [2.24, 2.45) is 0 Å². The summed E-state index contributed by atoms with van der Waals surface area (Å²) in [5.41, 5.74) is 8.57. The molecule has 18 heavy (non-hydrogen) atoms. The maximum atomic E-state index is 12.0. The fraction of sp³-hybridized carbons (Fsp3) is 0.400. The maximum absolute atomic E-state index is 12.0. The van der Waals surface area contributed by atoms with E-state index in [9.17, 15) is 4.79 Å². The van der Waals surface area contributed by atoms with Gasteiger partial charge in [0.25, 0.3) is 0 Å². The molecule has 0 aliphatic carbocycles. The van der Waals surface area contributed by atoms with Crippen molar-refractivity contribution in [3.63, 3.8) is 0 Å². The highest BCUT2D eigenvalue weighted by atomic mass is 16.2. The Hall–Kier alpha value is -1.77. The third-order valence-electron chi connectivity index (χ3n) is 2.77. The summed E-state index contributed by atoms with van der Waals surface area (Å²) in [4.78, 5) is 13.8. The standard InChI is InChI=1S/C15H22N2O/c1-4-17(11-12(2)3)15(18)9-8-13-6-5-7-14(16)10-13/h5-7,10H,2,4,8-9,11,16H2,1,3H3. The van der Waals surface area contributed by atoms with Crippen LogP contribution in [0, 0.1) is 0 Å². The normalized spacial score (nSPS) is 10.1. The van der Waals surface area contributed by atoms with Crippen LogP contribution < -0.4 is 5.73 Å². The first-order valence-corrected chi connectivity index (χ1v) is 6.29. The average Bonchev–Trinajstić information content (AvgIpc) is 2.33. The van der Waals surface area contributed by atoms with Crippen molar-refractivity contribution in [1.29, 1.82) is 0 Å². The van der Waals surface area contributed by atoms with E-state index in [0.29, 0.717) is 13.0 Å². The van der Waals surface area contributed by atoms with Gasteiger partial charge < -0.3 is 10.6 Å². The Labute approximate surface area is 109 Å². The number of likely N-dealkylation sites (N-methyl/N-ethyl adjacent to an activating group) is 1. The lowest BCUT2D eigenvalue weighted by molar-refractivity contribution is -0.130. The zero-order chi connectivity index (χ0) is 13.5. The van der Waals surface area contributed by atoms with Crippen molar-refractivity contribution in [2.45, 2.75) is 26.7 Å². The number of rotatable bonds is 6. The molecular weight excluding hydrogens is 224 g/mol. The molecule has 3 heteroatoms. The van der Waals surface area contributed by atoms with Gasteiger partial charge >= 0.3 is 0 Å². The molecule has 0 aliphatic heterocycles. The van der Waals surface area contributed by atoms with Gasteiger partial charge in [-0.25, -0.2) is 0 Å². The molecule has 1 rings (SSSR count). The topological polar surface area (TPSA) is 46.3 Å². The molecule has 0 saturated carbocycles. The van der Waals surface area contributed by atoms with Gasteiger partial charge in [0.1, 0.15) is 0 Å². The Morgan fingerprint density at radius 3 is 2.72 bits per heavy atom. The molecule has 0 heterocycles. The number of nitrogen functional groups attached to an aromatic ring is 1. The summed E-state index contributed by atoms with van der Waals surface area (Å²) in [5.74, 6) is 0.169. The number of nitrogens with zero attached hydrogens (tertiary/aromatic N) is 1. The molecule has 0 spiro atoms. The number of carbonyl (C=O) groups is 1. The van der Waals surface area contributed by atoms with Gasteiger partial charge in [-0.3, -0.25) is 4.79 Å². The average molecular weight is 246 g/mol. The van der Waals surface area contributed by atoms with E-state index in [1.165, 1.54) is 0 Å². The number of nitrogens with two attached hydrogens (primary N) is 1. The lowest BCUT2D eigenvalue weighted by Gasteiger charge is -2.21. The van der Waals surface area contributed by atoms with Crippen LogP contribution >= 0.6 is 0 Å². The van der Waals surface area contributed by atoms with Gasteiger partial charge in [-0.1, -0.05) is 24.3 Å². The number of aryl methyl sites for hydroxylation is 1. The number of carbonyl (C=O) groups excluding carboxylic acids is 1. The van der Waals surface area contributed by atoms with E-state index in [1.54, 1.807) is 0 Å². The molecule has 1 aromatic carbocycles. The van der Waals surface area contributed by atoms with Crippen LogP contribution in [0.4, 0.5) is 5.69 Å². The zero-order valence-corrected chi connectivity index (χ0v) is 11.3. The number of amides is 1. The van der Waals surface area contributed by atoms with Crippen LogP contribution in [-0.4, -0.2) is 23.9 Å². The molecule has 0 fully saturated rings. The van der Waals surface area contributed by atoms with E-state index in [0.717, 1.165) is 29.8 Å². The van der Waals surface area contributed by atoms with Crippen molar-refractivity contribution in [2.75, 3.05) is 18.8 Å². The van der Waals surface area contributed by atoms with Crippen molar-refractivity contribution < 1.29 is 4.79 Å². The predicted octanol–water partition coefficient (Wildman–Crippen LogP) is 2.63. The van der Waals surface area contributed by atoms with Crippen LogP contribution in [0.2, 0.25) is 0 Å². The van der Waals surface area contributed by atoms with E-state index in [-0.39, 0.29) is 5.91 Å². The first-order valence-electron chi connectivity index (χ1n) is 6.29. The van der Waals surface area contributed by atoms with Gasteiger partial charge in [-0.05, 0) is 38.0 Å². The molecule has 0 radical (unpaired) electrons. The van der Waals surface area contributed by atoms with Gasteiger partial charge in [0.05, 0.1) is 0 Å². The molecule has 98 valence electrons. The van der Waals surface area contributed by atoms with Crippen LogP contribution in [0.3, 0.4) is 0 Å². The first kappa shape index (κ1) is 14.3. The highest BCUT2D eigenvalue weighted by molar-refractivity contribution is 5.76. The van der Waals surface area contributed by atoms with E-state index in [1.807, 2.05) is 43.0 Å². The van der Waals surface area contributed by atoms with Crippen LogP contribution in [0.5, 0.6) is 0 Å². The van der Waals surface area contributed by atoms with Gasteiger partial charge in [0.15, 0.2) is 0 Å². The number of hydrogen-bond donors (Lipinski definition) is 1. The van der Waals surface area contributed by atoms with Gasteiger partial charge in [-0.15, -0.1) is 0 Å². The Morgan fingerprint density at radius 2 is 2.17 bits per heavy atom. The number of benzene rings is 1. The molecule has 0 bridgehead atoms. The molecule has 0 atom stereocenters. The lowest BCUT2D eigenvalue weighted by atomic mass is 10.1. The minimum Gasteiger partial charge on any atom is -0.399 e. The van der Waals surface area contributed by atoms with Gasteiger partial charge in [-0.2, -0.15) is 0 Å². The van der Waals surface area contributed by atoms with Crippen LogP contribution in [-0.2, 0) is 11.2 Å². The van der Waals surface area contributed by atoms with Crippen LogP contribution in [0.25, 0.3) is 0 Å². The molecule has 3 nitrogen and oxygen atoms in total. The quantitative estimate of drug-likeness (QED) is 0.619. The third-order valence-corrected chi connectivity index (χ3v) is 2.77. The minimum absolute atomic E-state index is 0.169. The minimum atomic E-state index is 0.169. The van der Waals surface area contributed by atoms with Crippen LogP contribution in [0.15, 0.2) is 36.4 Å². The summed E-state index contributed by atoms with van der Waals surface area (Å²) in [5, 5.41) is 0. The highest BCUT2D eigenvalue weighted by Crippen LogP contribution is 2.10. The summed E-state index contributed by atoms with van der Waals surface area (Å²) in [7, 11) is 0. The number of anilines is 1. The predicted molar refractivity (Wildman–Crippen MR) is 76.2 cm³/mol. The zero-order valence-electron chi connectivity index (χ0n) is 11.3. The Bertz CT molecular complexity index is 426. The number of hydrogen-bond acceptors (Lipinski definition) is 2. The lowest BCUT2D eigenvalue weighted by Crippen LogP contribution is -2.32. The van der Waals surface area contributed by atoms with Crippen molar-refractivity contribution in [1.82, 2.24) is 4.90 Å². The Kier molecular flexibility index (Phi) is 5.43. The molecule has 0 saturated heterocycles. The van der Waals surface area contributed by atoms with E-state index in [2.05, 4.69) is 6.58 Å². The van der Waals surface area contributed by atoms with E-state index >= 15 is 0 Å². The van der Waals surface area contributed by atoms with Crippen molar-refractivity contribution in [3.05, 3.63) is 42.0 Å². The second-order valence-corrected chi connectivity index (χ2v) is 4.61. The molecule has 2 N–H and O–H groups in total. The molecule has 1 amide bonds. The van der Waals surface area contributed by atoms with Gasteiger partial charge in [0, 0.05) is 25.2 Å². The summed E-state index contributed by atoms with van der Waals surface area (Å²) >= 11 is 0. The maximum Gasteiger partial charge on any atom is 0.223 e. The smallest absolute Gasteiger partial charge is 0.223 e. The largest absolute Gasteiger partial charge is 0.399 e. The Balaban J connectivity index is 2.51. The van der Waals surface area contributed by atoms with E-state index in [4.69, 9.17) is 5.73 Å². The van der Waals surface area contributed by atoms with Crippen LogP contribution in [0.1, 0.15) is 25.8 Å². The summed E-state index contributed by atoms with van der Waals surface area (Å²) < 4.78 is 0.